The van der Waals surface area contributed by atoms with Crippen LogP contribution in [0.25, 0.3) is 16.9 Å². The third-order valence-electron chi connectivity index (χ3n) is 3.86. The molecule has 0 atom stereocenters. The van der Waals surface area contributed by atoms with E-state index in [4.69, 9.17) is 0 Å². The van der Waals surface area contributed by atoms with Gasteiger partial charge in [0.2, 0.25) is 0 Å². The number of halogens is 6. The second-order valence-electron chi connectivity index (χ2n) is 7.39. The van der Waals surface area contributed by atoms with Gasteiger partial charge in [-0.25, -0.2) is 9.97 Å². The number of fused-ring (bicyclic) bond motifs is 1. The summed E-state index contributed by atoms with van der Waals surface area (Å²) in [6.07, 6.45) is -8.26. The summed E-state index contributed by atoms with van der Waals surface area (Å²) in [6.45, 7) is 5.92. The average molecular weight is 427 g/mol. The highest BCUT2D eigenvalue weighted by Crippen LogP contribution is 2.34. The lowest BCUT2D eigenvalue weighted by Gasteiger charge is -2.12. The van der Waals surface area contributed by atoms with E-state index < -0.39 is 31.7 Å². The van der Waals surface area contributed by atoms with Gasteiger partial charge in [-0.15, -0.1) is 5.54 Å². The standard InChI is InChI=1S/C19H15F6N3Si/c1-29(2,3)9-8-14-17-27-15(10-16(19(23,24)25)28(17)11-26-14)12-4-6-13(7-5-12)18(20,21)22/h4-7,10-11H,1-3H3. The molecule has 0 aliphatic rings. The summed E-state index contributed by atoms with van der Waals surface area (Å²) in [5.41, 5.74) is 1.09. The van der Waals surface area contributed by atoms with E-state index in [1.165, 1.54) is 0 Å². The highest BCUT2D eigenvalue weighted by atomic mass is 28.3. The van der Waals surface area contributed by atoms with Gasteiger partial charge in [-0.05, 0) is 18.2 Å². The van der Waals surface area contributed by atoms with Crippen LogP contribution in [0.3, 0.4) is 0 Å². The number of hydrogen-bond acceptors (Lipinski definition) is 2. The van der Waals surface area contributed by atoms with Crippen LogP contribution in [0.5, 0.6) is 0 Å². The van der Waals surface area contributed by atoms with Crippen LogP contribution >= 0.6 is 0 Å². The van der Waals surface area contributed by atoms with Gasteiger partial charge in [0.25, 0.3) is 0 Å². The van der Waals surface area contributed by atoms with Crippen LogP contribution < -0.4 is 0 Å². The van der Waals surface area contributed by atoms with Gasteiger partial charge in [-0.3, -0.25) is 4.40 Å². The monoisotopic (exact) mass is 427 g/mol. The fourth-order valence-electron chi connectivity index (χ4n) is 2.50. The lowest BCUT2D eigenvalue weighted by Crippen LogP contribution is -2.16. The molecule has 152 valence electrons. The third-order valence-corrected chi connectivity index (χ3v) is 4.73. The molecule has 0 saturated carbocycles. The van der Waals surface area contributed by atoms with E-state index in [-0.39, 0.29) is 22.6 Å². The maximum Gasteiger partial charge on any atom is 0.431 e. The average Bonchev–Trinajstić information content (AvgIpc) is 3.00. The Labute approximate surface area is 163 Å². The number of imidazole rings is 1. The van der Waals surface area contributed by atoms with Crippen molar-refractivity contribution in [3.05, 3.63) is 53.6 Å². The predicted octanol–water partition coefficient (Wildman–Crippen LogP) is 5.66. The number of nitrogens with zero attached hydrogens (tertiary/aromatic N) is 3. The molecular formula is C19H15F6N3Si. The van der Waals surface area contributed by atoms with E-state index in [0.29, 0.717) is 0 Å². The van der Waals surface area contributed by atoms with E-state index in [1.54, 1.807) is 0 Å². The highest BCUT2D eigenvalue weighted by molar-refractivity contribution is 6.83. The molecule has 3 aromatic rings. The first-order chi connectivity index (χ1) is 13.3. The molecule has 3 rings (SSSR count). The van der Waals surface area contributed by atoms with E-state index >= 15 is 0 Å². The number of benzene rings is 1. The quantitative estimate of drug-likeness (QED) is 0.285. The third kappa shape index (κ3) is 4.62. The van der Waals surface area contributed by atoms with Gasteiger partial charge in [0, 0.05) is 5.56 Å². The molecule has 0 radical (unpaired) electrons. The zero-order valence-electron chi connectivity index (χ0n) is 15.6. The van der Waals surface area contributed by atoms with E-state index in [1.807, 2.05) is 19.6 Å². The summed E-state index contributed by atoms with van der Waals surface area (Å²) in [7, 11) is -1.82. The predicted molar refractivity (Wildman–Crippen MR) is 98.7 cm³/mol. The van der Waals surface area contributed by atoms with Gasteiger partial charge in [0.05, 0.1) is 11.3 Å². The molecule has 0 spiro atoms. The van der Waals surface area contributed by atoms with Gasteiger partial charge < -0.3 is 0 Å². The van der Waals surface area contributed by atoms with Crippen LogP contribution in [0, 0.1) is 11.5 Å². The van der Waals surface area contributed by atoms with E-state index in [0.717, 1.165) is 41.1 Å². The number of alkyl halides is 6. The first-order valence-corrected chi connectivity index (χ1v) is 11.9. The Balaban J connectivity index is 2.21. The molecule has 2 heterocycles. The Kier molecular flexibility index (Phi) is 4.99. The zero-order chi connectivity index (χ0) is 21.6. The first kappa shape index (κ1) is 20.9. The SMILES string of the molecule is C[Si](C)(C)C#Cc1ncn2c(C(F)(F)F)cc(-c3ccc(C(F)(F)F)cc3)nc12. The second kappa shape index (κ2) is 6.91. The molecule has 2 aromatic heterocycles. The molecule has 0 bridgehead atoms. The summed E-state index contributed by atoms with van der Waals surface area (Å²) in [6, 6.07) is 4.57. The number of aromatic nitrogens is 3. The zero-order valence-corrected chi connectivity index (χ0v) is 16.6. The maximum absolute atomic E-state index is 13.6. The summed E-state index contributed by atoms with van der Waals surface area (Å²) < 4.78 is 79.8. The summed E-state index contributed by atoms with van der Waals surface area (Å²) in [4.78, 5) is 8.16. The topological polar surface area (TPSA) is 30.2 Å². The molecule has 0 saturated heterocycles. The van der Waals surface area contributed by atoms with Crippen molar-refractivity contribution in [2.24, 2.45) is 0 Å². The first-order valence-electron chi connectivity index (χ1n) is 8.42. The minimum atomic E-state index is -4.72. The Morgan fingerprint density at radius 1 is 0.931 bits per heavy atom. The minimum Gasteiger partial charge on any atom is -0.278 e. The maximum atomic E-state index is 13.6. The lowest BCUT2D eigenvalue weighted by atomic mass is 10.1. The van der Waals surface area contributed by atoms with Crippen molar-refractivity contribution in [1.82, 2.24) is 14.4 Å². The van der Waals surface area contributed by atoms with E-state index in [9.17, 15) is 26.3 Å². The van der Waals surface area contributed by atoms with Crippen molar-refractivity contribution in [3.8, 4) is 22.7 Å². The highest BCUT2D eigenvalue weighted by Gasteiger charge is 2.35. The smallest absolute Gasteiger partial charge is 0.278 e. The molecule has 0 N–H and O–H groups in total. The number of hydrogen-bond donors (Lipinski definition) is 0. The fourth-order valence-corrected chi connectivity index (χ4v) is 3.00. The van der Waals surface area contributed by atoms with Crippen molar-refractivity contribution >= 4 is 13.7 Å². The molecule has 0 aliphatic heterocycles. The fraction of sp³-hybridized carbons (Fsp3) is 0.263. The van der Waals surface area contributed by atoms with Crippen LogP contribution in [0.1, 0.15) is 17.0 Å². The molecule has 0 aliphatic carbocycles. The molecular weight excluding hydrogens is 412 g/mol. The molecule has 0 amide bonds. The van der Waals surface area contributed by atoms with Gasteiger partial charge in [0.1, 0.15) is 20.1 Å². The van der Waals surface area contributed by atoms with Crippen molar-refractivity contribution in [3.63, 3.8) is 0 Å². The largest absolute Gasteiger partial charge is 0.431 e. The van der Waals surface area contributed by atoms with Gasteiger partial charge in [-0.2, -0.15) is 26.3 Å². The normalized spacial score (nSPS) is 12.7. The second-order valence-corrected chi connectivity index (χ2v) is 12.1. The molecule has 29 heavy (non-hydrogen) atoms. The Morgan fingerprint density at radius 3 is 2.07 bits per heavy atom. The van der Waals surface area contributed by atoms with Crippen molar-refractivity contribution < 1.29 is 26.3 Å². The summed E-state index contributed by atoms with van der Waals surface area (Å²) >= 11 is 0. The molecule has 0 unspecified atom stereocenters. The van der Waals surface area contributed by atoms with Gasteiger partial charge in [-0.1, -0.05) is 37.7 Å². The summed E-state index contributed by atoms with van der Waals surface area (Å²) in [5.74, 6) is 2.80. The van der Waals surface area contributed by atoms with Crippen LogP contribution in [-0.2, 0) is 12.4 Å². The van der Waals surface area contributed by atoms with Gasteiger partial charge in [0.15, 0.2) is 11.3 Å². The summed E-state index contributed by atoms with van der Waals surface area (Å²) in [5, 5.41) is 0. The molecule has 0 fully saturated rings. The molecule has 10 heteroatoms. The van der Waals surface area contributed by atoms with Crippen molar-refractivity contribution in [2.45, 2.75) is 32.0 Å². The Bertz CT molecular complexity index is 1110. The van der Waals surface area contributed by atoms with Crippen LogP contribution in [0.15, 0.2) is 36.7 Å². The van der Waals surface area contributed by atoms with Crippen molar-refractivity contribution in [2.75, 3.05) is 0 Å². The molecule has 3 nitrogen and oxygen atoms in total. The van der Waals surface area contributed by atoms with Crippen LogP contribution in [-0.4, -0.2) is 22.4 Å². The van der Waals surface area contributed by atoms with Crippen LogP contribution in [0.4, 0.5) is 26.3 Å². The van der Waals surface area contributed by atoms with Crippen molar-refractivity contribution in [1.29, 1.82) is 0 Å². The Morgan fingerprint density at radius 2 is 1.55 bits per heavy atom. The molecule has 1 aromatic carbocycles. The number of rotatable bonds is 1. The minimum absolute atomic E-state index is 0.0895. The van der Waals surface area contributed by atoms with Crippen LogP contribution in [0.2, 0.25) is 19.6 Å². The Hall–Kier alpha value is -2.80. The van der Waals surface area contributed by atoms with E-state index in [2.05, 4.69) is 21.4 Å². The lowest BCUT2D eigenvalue weighted by molar-refractivity contribution is -0.142. The van der Waals surface area contributed by atoms with Gasteiger partial charge >= 0.3 is 12.4 Å².